The first-order valence-electron chi connectivity index (χ1n) is 7.32. The number of ether oxygens (including phenoxy) is 4. The van der Waals surface area contributed by atoms with Gasteiger partial charge >= 0.3 is 11.9 Å². The van der Waals surface area contributed by atoms with Crippen molar-refractivity contribution in [1.29, 1.82) is 0 Å². The van der Waals surface area contributed by atoms with E-state index < -0.39 is 23.8 Å². The number of methoxy groups -OCH3 is 1. The summed E-state index contributed by atoms with van der Waals surface area (Å²) in [6.45, 7) is 4.41. The zero-order valence-electron chi connectivity index (χ0n) is 13.2. The van der Waals surface area contributed by atoms with Crippen molar-refractivity contribution in [2.45, 2.75) is 51.1 Å². The molecule has 0 spiro atoms. The summed E-state index contributed by atoms with van der Waals surface area (Å²) in [5.41, 5.74) is 0. The summed E-state index contributed by atoms with van der Waals surface area (Å²) in [5.74, 6) is -1.90. The van der Waals surface area contributed by atoms with Crippen LogP contribution in [0.3, 0.4) is 0 Å². The molecule has 1 heterocycles. The molecule has 0 unspecified atom stereocenters. The Labute approximate surface area is 135 Å². The molecule has 1 aliphatic heterocycles. The Morgan fingerprint density at radius 2 is 2.09 bits per heavy atom. The molecule has 0 aromatic rings. The van der Waals surface area contributed by atoms with Crippen molar-refractivity contribution in [3.8, 4) is 0 Å². The lowest BCUT2D eigenvalue weighted by atomic mass is 10.1. The lowest BCUT2D eigenvalue weighted by Gasteiger charge is -2.25. The number of carbonyl (C=O) groups is 2. The Kier molecular flexibility index (Phi) is 7.85. The molecule has 1 aliphatic rings. The van der Waals surface area contributed by atoms with Crippen LogP contribution in [0, 0.1) is 0 Å². The van der Waals surface area contributed by atoms with Gasteiger partial charge in [0.1, 0.15) is 12.0 Å². The van der Waals surface area contributed by atoms with Gasteiger partial charge in [-0.15, -0.1) is 11.6 Å². The fraction of sp³-hybridized carbons (Fsp3) is 0.733. The third-order valence-electron chi connectivity index (χ3n) is 3.53. The van der Waals surface area contributed by atoms with Crippen LogP contribution in [0.1, 0.15) is 33.1 Å². The van der Waals surface area contributed by atoms with E-state index >= 15 is 0 Å². The van der Waals surface area contributed by atoms with Crippen LogP contribution < -0.4 is 0 Å². The van der Waals surface area contributed by atoms with E-state index in [-0.39, 0.29) is 12.0 Å². The predicted octanol–water partition coefficient (Wildman–Crippen LogP) is 2.19. The van der Waals surface area contributed by atoms with Crippen LogP contribution >= 0.6 is 11.6 Å². The topological polar surface area (TPSA) is 71.1 Å². The van der Waals surface area contributed by atoms with E-state index in [9.17, 15) is 9.59 Å². The Bertz CT molecular complexity index is 405. The van der Waals surface area contributed by atoms with Crippen molar-refractivity contribution in [1.82, 2.24) is 0 Å². The third-order valence-corrected chi connectivity index (χ3v) is 3.74. The van der Waals surface area contributed by atoms with Crippen molar-refractivity contribution in [3.05, 3.63) is 12.2 Å². The van der Waals surface area contributed by atoms with Crippen LogP contribution in [0.5, 0.6) is 0 Å². The van der Waals surface area contributed by atoms with E-state index in [0.717, 1.165) is 12.8 Å². The number of esters is 2. The molecule has 2 atom stereocenters. The predicted molar refractivity (Wildman–Crippen MR) is 80.5 cm³/mol. The average molecular weight is 335 g/mol. The molecule has 1 fully saturated rings. The van der Waals surface area contributed by atoms with Gasteiger partial charge in [-0.05, 0) is 18.9 Å². The summed E-state index contributed by atoms with van der Waals surface area (Å²) in [6, 6.07) is 0. The molecule has 0 aromatic carbocycles. The molecule has 0 N–H and O–H groups in total. The molecule has 22 heavy (non-hydrogen) atoms. The molecule has 1 saturated heterocycles. The number of hydrogen-bond donors (Lipinski definition) is 0. The van der Waals surface area contributed by atoms with Crippen molar-refractivity contribution in [2.24, 2.45) is 0 Å². The lowest BCUT2D eigenvalue weighted by molar-refractivity contribution is -0.174. The molecule has 0 amide bonds. The first-order chi connectivity index (χ1) is 10.5. The van der Waals surface area contributed by atoms with Gasteiger partial charge in [0.05, 0.1) is 19.8 Å². The lowest BCUT2D eigenvalue weighted by Crippen LogP contribution is -2.30. The standard InChI is InChI=1S/C15H23ClO6/c1-4-15(5-2)20-10-12(22-15)8-11(21-14(18)9-16)6-7-13(17)19-3/h6-7,11-12H,4-5,8-10H2,1-3H3/b7-6+/t11-,12+/m0/s1. The highest BCUT2D eigenvalue weighted by molar-refractivity contribution is 6.26. The number of hydrogen-bond acceptors (Lipinski definition) is 6. The molecule has 0 bridgehead atoms. The van der Waals surface area contributed by atoms with Gasteiger partial charge < -0.3 is 18.9 Å². The van der Waals surface area contributed by atoms with Gasteiger partial charge in [0.25, 0.3) is 0 Å². The molecule has 0 aliphatic carbocycles. The summed E-state index contributed by atoms with van der Waals surface area (Å²) in [7, 11) is 1.28. The van der Waals surface area contributed by atoms with Gasteiger partial charge in [-0.3, -0.25) is 4.79 Å². The third kappa shape index (κ3) is 5.59. The molecule has 126 valence electrons. The van der Waals surface area contributed by atoms with Crippen molar-refractivity contribution >= 4 is 23.5 Å². The fourth-order valence-corrected chi connectivity index (χ4v) is 2.30. The summed E-state index contributed by atoms with van der Waals surface area (Å²) < 4.78 is 21.4. The number of rotatable bonds is 8. The Morgan fingerprint density at radius 1 is 1.41 bits per heavy atom. The highest BCUT2D eigenvalue weighted by atomic mass is 35.5. The zero-order chi connectivity index (χ0) is 16.6. The molecule has 0 saturated carbocycles. The molecule has 0 radical (unpaired) electrons. The maximum absolute atomic E-state index is 11.4. The van der Waals surface area contributed by atoms with E-state index in [1.54, 1.807) is 0 Å². The minimum atomic E-state index is -0.622. The van der Waals surface area contributed by atoms with Crippen molar-refractivity contribution in [2.75, 3.05) is 19.6 Å². The van der Waals surface area contributed by atoms with Crippen molar-refractivity contribution < 1.29 is 28.5 Å². The van der Waals surface area contributed by atoms with E-state index in [4.69, 9.17) is 25.8 Å². The summed E-state index contributed by atoms with van der Waals surface area (Å²) in [6.07, 6.45) is 3.72. The molecular formula is C15H23ClO6. The second kappa shape index (κ2) is 9.12. The minimum absolute atomic E-state index is 0.213. The van der Waals surface area contributed by atoms with Gasteiger partial charge in [-0.25, -0.2) is 4.79 Å². The van der Waals surface area contributed by atoms with Crippen LogP contribution in [-0.2, 0) is 28.5 Å². The second-order valence-corrected chi connectivity index (χ2v) is 5.22. The molecule has 6 nitrogen and oxygen atoms in total. The summed E-state index contributed by atoms with van der Waals surface area (Å²) in [5, 5.41) is 0. The molecule has 0 aromatic heterocycles. The summed E-state index contributed by atoms with van der Waals surface area (Å²) in [4.78, 5) is 22.5. The van der Waals surface area contributed by atoms with Gasteiger partial charge in [0.2, 0.25) is 0 Å². The Balaban J connectivity index is 2.66. The normalized spacial score (nSPS) is 21.7. The largest absolute Gasteiger partial charge is 0.466 e. The van der Waals surface area contributed by atoms with E-state index in [0.29, 0.717) is 13.0 Å². The maximum Gasteiger partial charge on any atom is 0.330 e. The van der Waals surface area contributed by atoms with Crippen LogP contribution in [0.4, 0.5) is 0 Å². The molecule has 7 heteroatoms. The minimum Gasteiger partial charge on any atom is -0.466 e. The fourth-order valence-electron chi connectivity index (χ4n) is 2.23. The Hall–Kier alpha value is -1.11. The zero-order valence-corrected chi connectivity index (χ0v) is 13.9. The van der Waals surface area contributed by atoms with Crippen LogP contribution in [-0.4, -0.2) is 49.5 Å². The number of alkyl halides is 1. The SMILES string of the molecule is CCC1(CC)OC[C@@H](C[C@H](/C=C/C(=O)OC)OC(=O)CCl)O1. The van der Waals surface area contributed by atoms with Crippen LogP contribution in [0.2, 0.25) is 0 Å². The molecule has 1 rings (SSSR count). The highest BCUT2D eigenvalue weighted by Crippen LogP contribution is 2.32. The smallest absolute Gasteiger partial charge is 0.330 e. The van der Waals surface area contributed by atoms with Crippen LogP contribution in [0.25, 0.3) is 0 Å². The van der Waals surface area contributed by atoms with Gasteiger partial charge in [-0.1, -0.05) is 13.8 Å². The Morgan fingerprint density at radius 3 is 2.59 bits per heavy atom. The van der Waals surface area contributed by atoms with E-state index in [1.807, 2.05) is 13.8 Å². The number of halogens is 1. The number of carbonyl (C=O) groups excluding carboxylic acids is 2. The first-order valence-corrected chi connectivity index (χ1v) is 7.85. The van der Waals surface area contributed by atoms with Gasteiger partial charge in [0.15, 0.2) is 5.79 Å². The first kappa shape index (κ1) is 18.9. The monoisotopic (exact) mass is 334 g/mol. The van der Waals surface area contributed by atoms with Crippen LogP contribution in [0.15, 0.2) is 12.2 Å². The molecular weight excluding hydrogens is 312 g/mol. The van der Waals surface area contributed by atoms with E-state index in [1.165, 1.54) is 19.3 Å². The van der Waals surface area contributed by atoms with Gasteiger partial charge in [-0.2, -0.15) is 0 Å². The summed E-state index contributed by atoms with van der Waals surface area (Å²) >= 11 is 5.45. The van der Waals surface area contributed by atoms with Crippen molar-refractivity contribution in [3.63, 3.8) is 0 Å². The maximum atomic E-state index is 11.4. The quantitative estimate of drug-likeness (QED) is 0.385. The van der Waals surface area contributed by atoms with E-state index in [2.05, 4.69) is 4.74 Å². The van der Waals surface area contributed by atoms with Gasteiger partial charge in [0, 0.05) is 12.5 Å². The highest BCUT2D eigenvalue weighted by Gasteiger charge is 2.39. The average Bonchev–Trinajstić information content (AvgIpc) is 2.95. The second-order valence-electron chi connectivity index (χ2n) is 4.95.